The van der Waals surface area contributed by atoms with Crippen LogP contribution in [0.1, 0.15) is 5.56 Å². The topological polar surface area (TPSA) is 59.9 Å². The Bertz CT molecular complexity index is 1080. The minimum Gasteiger partial charge on any atom is -0.439 e. The zero-order valence-electron chi connectivity index (χ0n) is 14.1. The van der Waals surface area contributed by atoms with E-state index < -0.39 is 0 Å². The molecule has 4 aromatic rings. The molecule has 2 aromatic heterocycles. The molecular weight excluding hydrogens is 350 g/mol. The fourth-order valence-corrected chi connectivity index (χ4v) is 2.63. The summed E-state index contributed by atoms with van der Waals surface area (Å²) >= 11 is 0. The van der Waals surface area contributed by atoms with Gasteiger partial charge in [-0.15, -0.1) is 0 Å². The van der Waals surface area contributed by atoms with Gasteiger partial charge in [0.25, 0.3) is 0 Å². The lowest BCUT2D eigenvalue weighted by Gasteiger charge is -2.10. The molecule has 0 aliphatic heterocycles. The molecule has 5 nitrogen and oxygen atoms in total. The molecule has 4 rings (SSSR count). The molecule has 2 heterocycles. The molecule has 0 aliphatic rings. The van der Waals surface area contributed by atoms with Gasteiger partial charge in [0, 0.05) is 18.8 Å². The first-order valence-electron chi connectivity index (χ1n) is 8.20. The van der Waals surface area contributed by atoms with Gasteiger partial charge in [-0.2, -0.15) is 0 Å². The lowest BCUT2D eigenvalue weighted by atomic mass is 10.2. The van der Waals surface area contributed by atoms with Crippen LogP contribution in [0.4, 0.5) is 14.6 Å². The van der Waals surface area contributed by atoms with Crippen molar-refractivity contribution in [3.63, 3.8) is 0 Å². The van der Waals surface area contributed by atoms with E-state index in [-0.39, 0.29) is 11.6 Å². The minimum absolute atomic E-state index is 0.336. The second-order valence-corrected chi connectivity index (χ2v) is 5.77. The van der Waals surface area contributed by atoms with Crippen LogP contribution in [0.3, 0.4) is 0 Å². The third kappa shape index (κ3) is 3.82. The molecule has 0 bridgehead atoms. The largest absolute Gasteiger partial charge is 0.439 e. The third-order valence-electron chi connectivity index (χ3n) is 3.91. The molecule has 7 heteroatoms. The Kier molecular flexibility index (Phi) is 4.57. The molecule has 0 saturated heterocycles. The van der Waals surface area contributed by atoms with Gasteiger partial charge in [0.1, 0.15) is 29.5 Å². The fraction of sp³-hybridized carbons (Fsp3) is 0.0500. The van der Waals surface area contributed by atoms with E-state index in [9.17, 15) is 8.78 Å². The van der Waals surface area contributed by atoms with E-state index in [2.05, 4.69) is 20.3 Å². The van der Waals surface area contributed by atoms with Crippen molar-refractivity contribution in [2.45, 2.75) is 6.54 Å². The number of fused-ring (bicyclic) bond motifs is 1. The van der Waals surface area contributed by atoms with Crippen molar-refractivity contribution in [3.8, 4) is 11.6 Å². The van der Waals surface area contributed by atoms with Crippen LogP contribution in [0.2, 0.25) is 0 Å². The minimum atomic E-state index is -0.384. The average Bonchev–Trinajstić information content (AvgIpc) is 2.69. The van der Waals surface area contributed by atoms with Crippen molar-refractivity contribution in [1.29, 1.82) is 0 Å². The van der Waals surface area contributed by atoms with E-state index >= 15 is 0 Å². The van der Waals surface area contributed by atoms with Crippen LogP contribution in [0, 0.1) is 11.6 Å². The second-order valence-electron chi connectivity index (χ2n) is 5.77. The highest BCUT2D eigenvalue weighted by atomic mass is 19.1. The number of hydrogen-bond acceptors (Lipinski definition) is 5. The van der Waals surface area contributed by atoms with Crippen molar-refractivity contribution in [2.75, 3.05) is 5.32 Å². The van der Waals surface area contributed by atoms with Gasteiger partial charge in [-0.3, -0.25) is 0 Å². The monoisotopic (exact) mass is 364 g/mol. The van der Waals surface area contributed by atoms with Gasteiger partial charge >= 0.3 is 0 Å². The molecule has 1 N–H and O–H groups in total. The molecule has 0 aliphatic carbocycles. The molecule has 0 fully saturated rings. The van der Waals surface area contributed by atoms with Gasteiger partial charge in [0.2, 0.25) is 5.88 Å². The summed E-state index contributed by atoms with van der Waals surface area (Å²) in [5.41, 5.74) is 1.40. The number of aromatic nitrogens is 3. The first-order chi connectivity index (χ1) is 13.2. The predicted molar refractivity (Wildman–Crippen MR) is 97.5 cm³/mol. The summed E-state index contributed by atoms with van der Waals surface area (Å²) in [6.45, 7) is 0.392. The lowest BCUT2D eigenvalue weighted by Crippen LogP contribution is -2.04. The van der Waals surface area contributed by atoms with E-state index in [1.807, 2.05) is 6.07 Å². The van der Waals surface area contributed by atoms with Crippen molar-refractivity contribution >= 4 is 16.7 Å². The molecule has 0 saturated carbocycles. The number of anilines is 1. The summed E-state index contributed by atoms with van der Waals surface area (Å²) in [5, 5.41) is 3.46. The Balaban J connectivity index is 1.52. The summed E-state index contributed by atoms with van der Waals surface area (Å²) < 4.78 is 32.7. The summed E-state index contributed by atoms with van der Waals surface area (Å²) in [6.07, 6.45) is 2.99. The summed E-state index contributed by atoms with van der Waals surface area (Å²) in [4.78, 5) is 12.4. The Hall–Kier alpha value is -3.61. The normalized spacial score (nSPS) is 10.7. The molecule has 0 radical (unpaired) electrons. The number of nitrogens with zero attached hydrogens (tertiary/aromatic N) is 3. The van der Waals surface area contributed by atoms with Gasteiger partial charge in [0.15, 0.2) is 0 Å². The van der Waals surface area contributed by atoms with Gasteiger partial charge < -0.3 is 10.1 Å². The van der Waals surface area contributed by atoms with Crippen molar-refractivity contribution < 1.29 is 13.5 Å². The highest BCUT2D eigenvalue weighted by Gasteiger charge is 2.09. The van der Waals surface area contributed by atoms with Gasteiger partial charge in [-0.05, 0) is 48.0 Å². The fourth-order valence-electron chi connectivity index (χ4n) is 2.63. The number of nitrogens with one attached hydrogen (secondary N) is 1. The van der Waals surface area contributed by atoms with Crippen LogP contribution in [0.15, 0.2) is 67.1 Å². The van der Waals surface area contributed by atoms with E-state index in [1.54, 1.807) is 24.4 Å². The number of hydrogen-bond donors (Lipinski definition) is 1. The maximum atomic E-state index is 14.1. The number of ether oxygens (including phenoxy) is 1. The molecule has 27 heavy (non-hydrogen) atoms. The molecular formula is C20H14F2N4O. The quantitative estimate of drug-likeness (QED) is 0.556. The van der Waals surface area contributed by atoms with Crippen LogP contribution in [-0.4, -0.2) is 15.0 Å². The van der Waals surface area contributed by atoms with Crippen molar-refractivity contribution in [2.24, 2.45) is 0 Å². The van der Waals surface area contributed by atoms with E-state index in [0.29, 0.717) is 34.9 Å². The third-order valence-corrected chi connectivity index (χ3v) is 3.91. The highest BCUT2D eigenvalue weighted by molar-refractivity contribution is 5.89. The molecule has 0 spiro atoms. The molecule has 134 valence electrons. The van der Waals surface area contributed by atoms with Crippen LogP contribution < -0.4 is 10.1 Å². The molecule has 2 aromatic carbocycles. The van der Waals surface area contributed by atoms with Crippen LogP contribution >= 0.6 is 0 Å². The zero-order valence-corrected chi connectivity index (χ0v) is 14.1. The van der Waals surface area contributed by atoms with E-state index in [4.69, 9.17) is 4.74 Å². The number of halogens is 2. The molecule has 0 amide bonds. The Morgan fingerprint density at radius 2 is 1.78 bits per heavy atom. The van der Waals surface area contributed by atoms with Crippen LogP contribution in [0.5, 0.6) is 11.6 Å². The van der Waals surface area contributed by atoms with Crippen LogP contribution in [-0.2, 0) is 6.54 Å². The summed E-state index contributed by atoms with van der Waals surface area (Å²) in [7, 11) is 0. The van der Waals surface area contributed by atoms with Crippen molar-refractivity contribution in [3.05, 3.63) is 84.3 Å². The summed E-state index contributed by atoms with van der Waals surface area (Å²) in [5.74, 6) is 0.552. The van der Waals surface area contributed by atoms with Gasteiger partial charge in [-0.25, -0.2) is 23.7 Å². The number of benzene rings is 2. The lowest BCUT2D eigenvalue weighted by molar-refractivity contribution is 0.460. The maximum Gasteiger partial charge on any atom is 0.219 e. The Morgan fingerprint density at radius 3 is 2.63 bits per heavy atom. The first-order valence-corrected chi connectivity index (χ1v) is 8.20. The smallest absolute Gasteiger partial charge is 0.219 e. The number of rotatable bonds is 5. The van der Waals surface area contributed by atoms with Crippen molar-refractivity contribution in [1.82, 2.24) is 15.0 Å². The zero-order chi connectivity index (χ0) is 18.6. The Labute approximate surface area is 153 Å². The Morgan fingerprint density at radius 1 is 0.926 bits per heavy atom. The predicted octanol–water partition coefficient (Wildman–Crippen LogP) is 4.71. The van der Waals surface area contributed by atoms with Gasteiger partial charge in [-0.1, -0.05) is 6.07 Å². The standard InChI is InChI=1S/C20H14F2N4O/c21-14-4-6-15(7-5-14)27-18-10-13(8-9-23-18)11-24-20-19-16(22)2-1-3-17(19)25-12-26-20/h1-10,12H,11H2,(H,24,25,26). The number of pyridine rings is 1. The maximum absolute atomic E-state index is 14.1. The summed E-state index contributed by atoms with van der Waals surface area (Å²) in [6, 6.07) is 13.9. The van der Waals surface area contributed by atoms with E-state index in [0.717, 1.165) is 5.56 Å². The molecule has 0 unspecified atom stereocenters. The second kappa shape index (κ2) is 7.33. The van der Waals surface area contributed by atoms with Gasteiger partial charge in [0.05, 0.1) is 10.9 Å². The highest BCUT2D eigenvalue weighted by Crippen LogP contribution is 2.24. The first kappa shape index (κ1) is 16.8. The van der Waals surface area contributed by atoms with E-state index in [1.165, 1.54) is 36.7 Å². The SMILES string of the molecule is Fc1ccc(Oc2cc(CNc3ncnc4cccc(F)c34)ccn2)cc1. The average molecular weight is 364 g/mol. The molecule has 0 atom stereocenters. The van der Waals surface area contributed by atoms with Crippen LogP contribution in [0.25, 0.3) is 10.9 Å².